The number of amides is 2. The number of hydrogen-bond donors (Lipinski definition) is 2. The summed E-state index contributed by atoms with van der Waals surface area (Å²) in [5, 5.41) is 12.6. The van der Waals surface area contributed by atoms with Crippen molar-refractivity contribution in [3.05, 3.63) is 28.2 Å². The van der Waals surface area contributed by atoms with E-state index in [1.807, 2.05) is 0 Å². The van der Waals surface area contributed by atoms with Crippen LogP contribution in [0.2, 0.25) is 10.0 Å². The number of hydrogen-bond acceptors (Lipinski definition) is 2. The molecule has 0 aliphatic heterocycles. The molecule has 2 rings (SSSR count). The minimum absolute atomic E-state index is 0.0484. The van der Waals surface area contributed by atoms with Crippen LogP contribution in [0.4, 0.5) is 10.5 Å². The molecule has 0 atom stereocenters. The van der Waals surface area contributed by atoms with Crippen molar-refractivity contribution >= 4 is 34.9 Å². The first-order valence-corrected chi connectivity index (χ1v) is 6.51. The number of aliphatic hydroxyl groups is 1. The monoisotopic (exact) mass is 288 g/mol. The Morgan fingerprint density at radius 3 is 2.78 bits per heavy atom. The average molecular weight is 289 g/mol. The maximum absolute atomic E-state index is 12.0. The van der Waals surface area contributed by atoms with E-state index in [1.165, 1.54) is 0 Å². The maximum Gasteiger partial charge on any atom is 0.322 e. The summed E-state index contributed by atoms with van der Waals surface area (Å²) in [7, 11) is 0. The van der Waals surface area contributed by atoms with E-state index in [2.05, 4.69) is 5.32 Å². The molecule has 4 nitrogen and oxygen atoms in total. The van der Waals surface area contributed by atoms with Crippen molar-refractivity contribution in [2.24, 2.45) is 0 Å². The second-order valence-electron chi connectivity index (χ2n) is 4.20. The zero-order chi connectivity index (χ0) is 13.1. The molecule has 1 saturated carbocycles. The first-order valence-electron chi connectivity index (χ1n) is 5.75. The lowest BCUT2D eigenvalue weighted by Gasteiger charge is -2.22. The summed E-state index contributed by atoms with van der Waals surface area (Å²) in [6.45, 7) is 0.280. The van der Waals surface area contributed by atoms with Crippen LogP contribution in [0.1, 0.15) is 12.8 Å². The molecule has 1 aromatic carbocycles. The zero-order valence-electron chi connectivity index (χ0n) is 9.70. The van der Waals surface area contributed by atoms with Gasteiger partial charge in [-0.2, -0.15) is 0 Å². The number of nitrogens with one attached hydrogen (secondary N) is 1. The normalized spacial score (nSPS) is 14.4. The van der Waals surface area contributed by atoms with Crippen molar-refractivity contribution in [2.75, 3.05) is 18.5 Å². The van der Waals surface area contributed by atoms with E-state index < -0.39 is 0 Å². The third-order valence-electron chi connectivity index (χ3n) is 2.76. The molecule has 0 heterocycles. The van der Waals surface area contributed by atoms with Gasteiger partial charge in [0.05, 0.1) is 17.3 Å². The van der Waals surface area contributed by atoms with Crippen molar-refractivity contribution in [3.8, 4) is 0 Å². The van der Waals surface area contributed by atoms with Crippen LogP contribution in [-0.4, -0.2) is 35.2 Å². The van der Waals surface area contributed by atoms with E-state index in [4.69, 9.17) is 28.3 Å². The fraction of sp³-hybridized carbons (Fsp3) is 0.417. The Labute approximate surface area is 115 Å². The Hall–Kier alpha value is -0.970. The van der Waals surface area contributed by atoms with Gasteiger partial charge in [-0.3, -0.25) is 0 Å². The lowest BCUT2D eigenvalue weighted by Crippen LogP contribution is -2.38. The Balaban J connectivity index is 2.07. The largest absolute Gasteiger partial charge is 0.395 e. The summed E-state index contributed by atoms with van der Waals surface area (Å²) < 4.78 is 0. The van der Waals surface area contributed by atoms with Crippen LogP contribution in [0.25, 0.3) is 0 Å². The van der Waals surface area contributed by atoms with Crippen LogP contribution in [0.3, 0.4) is 0 Å². The molecule has 1 aliphatic carbocycles. The number of rotatable bonds is 4. The number of nitrogens with zero attached hydrogens (tertiary/aromatic N) is 1. The highest BCUT2D eigenvalue weighted by Crippen LogP contribution is 2.29. The molecular formula is C12H14Cl2N2O2. The maximum atomic E-state index is 12.0. The van der Waals surface area contributed by atoms with Crippen LogP contribution in [-0.2, 0) is 0 Å². The first-order chi connectivity index (χ1) is 8.61. The minimum atomic E-state index is -0.254. The van der Waals surface area contributed by atoms with Crippen molar-refractivity contribution < 1.29 is 9.90 Å². The average Bonchev–Trinajstić information content (AvgIpc) is 3.14. The van der Waals surface area contributed by atoms with E-state index in [-0.39, 0.29) is 18.7 Å². The van der Waals surface area contributed by atoms with Crippen molar-refractivity contribution in [1.29, 1.82) is 0 Å². The number of urea groups is 1. The molecule has 6 heteroatoms. The molecule has 0 spiro atoms. The fourth-order valence-electron chi connectivity index (χ4n) is 1.72. The second-order valence-corrected chi connectivity index (χ2v) is 5.05. The fourth-order valence-corrected chi connectivity index (χ4v) is 2.06. The molecule has 0 saturated heterocycles. The Morgan fingerprint density at radius 1 is 1.44 bits per heavy atom. The van der Waals surface area contributed by atoms with E-state index in [0.29, 0.717) is 22.3 Å². The molecule has 1 aliphatic rings. The number of anilines is 1. The van der Waals surface area contributed by atoms with Gasteiger partial charge in [0.2, 0.25) is 0 Å². The minimum Gasteiger partial charge on any atom is -0.395 e. The van der Waals surface area contributed by atoms with Crippen molar-refractivity contribution in [2.45, 2.75) is 18.9 Å². The molecule has 0 unspecified atom stereocenters. The SMILES string of the molecule is O=C(Nc1cc(Cl)ccc1Cl)N(CCO)C1CC1. The highest BCUT2D eigenvalue weighted by Gasteiger charge is 2.32. The predicted octanol–water partition coefficient (Wildman–Crippen LogP) is 2.98. The standard InChI is InChI=1S/C12H14Cl2N2O2/c13-8-1-4-10(14)11(7-8)15-12(18)16(5-6-17)9-2-3-9/h1,4,7,9,17H,2-3,5-6H2,(H,15,18). The molecule has 0 bridgehead atoms. The highest BCUT2D eigenvalue weighted by molar-refractivity contribution is 6.35. The predicted molar refractivity (Wildman–Crippen MR) is 72.3 cm³/mol. The van der Waals surface area contributed by atoms with Crippen LogP contribution in [0.5, 0.6) is 0 Å². The molecule has 18 heavy (non-hydrogen) atoms. The van der Waals surface area contributed by atoms with Gasteiger partial charge in [0, 0.05) is 17.6 Å². The van der Waals surface area contributed by atoms with Gasteiger partial charge >= 0.3 is 6.03 Å². The number of aliphatic hydroxyl groups excluding tert-OH is 1. The molecule has 0 radical (unpaired) electrons. The zero-order valence-corrected chi connectivity index (χ0v) is 11.2. The lowest BCUT2D eigenvalue weighted by molar-refractivity contribution is 0.185. The quantitative estimate of drug-likeness (QED) is 0.895. The van der Waals surface area contributed by atoms with Gasteiger partial charge in [-0.25, -0.2) is 4.79 Å². The topological polar surface area (TPSA) is 52.6 Å². The molecule has 2 amide bonds. The van der Waals surface area contributed by atoms with Gasteiger partial charge in [-0.15, -0.1) is 0 Å². The lowest BCUT2D eigenvalue weighted by atomic mass is 10.3. The summed E-state index contributed by atoms with van der Waals surface area (Å²) >= 11 is 11.8. The third-order valence-corrected chi connectivity index (χ3v) is 3.32. The van der Waals surface area contributed by atoms with Crippen LogP contribution in [0, 0.1) is 0 Å². The number of carbonyl (C=O) groups is 1. The number of benzene rings is 1. The van der Waals surface area contributed by atoms with Gasteiger partial charge in [-0.05, 0) is 31.0 Å². The smallest absolute Gasteiger partial charge is 0.322 e. The van der Waals surface area contributed by atoms with Gasteiger partial charge in [0.1, 0.15) is 0 Å². The molecular weight excluding hydrogens is 275 g/mol. The van der Waals surface area contributed by atoms with Gasteiger partial charge in [-0.1, -0.05) is 23.2 Å². The Bertz CT molecular complexity index is 450. The van der Waals surface area contributed by atoms with E-state index in [0.717, 1.165) is 12.8 Å². The number of carbonyl (C=O) groups excluding carboxylic acids is 1. The van der Waals surface area contributed by atoms with Crippen LogP contribution < -0.4 is 5.32 Å². The van der Waals surface area contributed by atoms with Gasteiger partial charge < -0.3 is 15.3 Å². The van der Waals surface area contributed by atoms with Crippen LogP contribution in [0.15, 0.2) is 18.2 Å². The Morgan fingerprint density at radius 2 is 2.17 bits per heavy atom. The van der Waals surface area contributed by atoms with E-state index in [9.17, 15) is 4.79 Å². The van der Waals surface area contributed by atoms with Gasteiger partial charge in [0.15, 0.2) is 0 Å². The summed E-state index contributed by atoms with van der Waals surface area (Å²) in [5.74, 6) is 0. The summed E-state index contributed by atoms with van der Waals surface area (Å²) in [4.78, 5) is 13.7. The molecule has 2 N–H and O–H groups in total. The second kappa shape index (κ2) is 5.78. The van der Waals surface area contributed by atoms with Crippen LogP contribution >= 0.6 is 23.2 Å². The summed E-state index contributed by atoms with van der Waals surface area (Å²) in [6.07, 6.45) is 1.97. The molecule has 1 aromatic rings. The Kier molecular flexibility index (Phi) is 4.32. The van der Waals surface area contributed by atoms with E-state index >= 15 is 0 Å². The van der Waals surface area contributed by atoms with Crippen molar-refractivity contribution in [1.82, 2.24) is 4.90 Å². The first kappa shape index (κ1) is 13.5. The van der Waals surface area contributed by atoms with Gasteiger partial charge in [0.25, 0.3) is 0 Å². The van der Waals surface area contributed by atoms with Crippen molar-refractivity contribution in [3.63, 3.8) is 0 Å². The third kappa shape index (κ3) is 3.28. The molecule has 98 valence electrons. The summed E-state index contributed by atoms with van der Waals surface area (Å²) in [6, 6.07) is 4.87. The summed E-state index contributed by atoms with van der Waals surface area (Å²) in [5.41, 5.74) is 0.484. The number of halogens is 2. The highest BCUT2D eigenvalue weighted by atomic mass is 35.5. The molecule has 0 aromatic heterocycles. The van der Waals surface area contributed by atoms with E-state index in [1.54, 1.807) is 23.1 Å². The molecule has 1 fully saturated rings.